The molecule has 114 valence electrons. The maximum Gasteiger partial charge on any atom is 0.257 e. The van der Waals surface area contributed by atoms with Gasteiger partial charge in [-0.1, -0.05) is 38.1 Å². The number of hydrogen-bond acceptors (Lipinski definition) is 5. The van der Waals surface area contributed by atoms with Crippen LogP contribution in [0.1, 0.15) is 39.1 Å². The molecule has 0 spiro atoms. The highest BCUT2D eigenvalue weighted by Gasteiger charge is 2.27. The molecule has 0 saturated heterocycles. The molecule has 0 bridgehead atoms. The van der Waals surface area contributed by atoms with Crippen molar-refractivity contribution in [2.45, 2.75) is 38.6 Å². The van der Waals surface area contributed by atoms with E-state index in [0.717, 1.165) is 5.56 Å². The number of aromatic nitrogens is 2. The lowest BCUT2D eigenvalue weighted by molar-refractivity contribution is 0.135. The smallest absolute Gasteiger partial charge is 0.257 e. The molecule has 0 amide bonds. The summed E-state index contributed by atoms with van der Waals surface area (Å²) in [6.45, 7) is 8.68. The topological polar surface area (TPSA) is 74.2 Å². The minimum absolute atomic E-state index is 0.118. The Morgan fingerprint density at radius 1 is 1.14 bits per heavy atom. The highest BCUT2D eigenvalue weighted by atomic mass is 16.5. The van der Waals surface area contributed by atoms with Crippen LogP contribution >= 0.6 is 0 Å². The van der Waals surface area contributed by atoms with Crippen molar-refractivity contribution in [3.05, 3.63) is 35.7 Å². The number of hydrogen-bond donors (Lipinski definition) is 1. The zero-order chi connectivity index (χ0) is 15.7. The van der Waals surface area contributed by atoms with E-state index in [9.17, 15) is 0 Å². The van der Waals surface area contributed by atoms with Crippen LogP contribution in [0.15, 0.2) is 28.8 Å². The first kappa shape index (κ1) is 15.7. The van der Waals surface area contributed by atoms with E-state index in [1.165, 1.54) is 5.56 Å². The molecule has 0 radical (unpaired) electrons. The van der Waals surface area contributed by atoms with Gasteiger partial charge in [-0.05, 0) is 30.0 Å². The van der Waals surface area contributed by atoms with E-state index in [1.54, 1.807) is 7.11 Å². The Hall–Kier alpha value is -1.72. The molecule has 1 aromatic heterocycles. The average molecular weight is 289 g/mol. The first-order valence-corrected chi connectivity index (χ1v) is 6.97. The molecule has 21 heavy (non-hydrogen) atoms. The summed E-state index contributed by atoms with van der Waals surface area (Å²) < 4.78 is 10.4. The standard InChI is InChI=1S/C16H23N3O2/c1-15(2,3)12-8-6-11(7-9-12)13-18-14(19-21-13)16(4,17)10-20-5/h6-9H,10,17H2,1-5H3. The normalized spacial score (nSPS) is 15.0. The van der Waals surface area contributed by atoms with Gasteiger partial charge in [0.1, 0.15) is 5.54 Å². The fourth-order valence-corrected chi connectivity index (χ4v) is 2.05. The second kappa shape index (κ2) is 5.58. The van der Waals surface area contributed by atoms with E-state index >= 15 is 0 Å². The van der Waals surface area contributed by atoms with E-state index in [-0.39, 0.29) is 5.41 Å². The van der Waals surface area contributed by atoms with Gasteiger partial charge >= 0.3 is 0 Å². The zero-order valence-electron chi connectivity index (χ0n) is 13.3. The molecule has 0 saturated carbocycles. The summed E-state index contributed by atoms with van der Waals surface area (Å²) in [7, 11) is 1.59. The molecular weight excluding hydrogens is 266 g/mol. The summed E-state index contributed by atoms with van der Waals surface area (Å²) in [5.41, 5.74) is 7.61. The van der Waals surface area contributed by atoms with Crippen LogP contribution in [0.25, 0.3) is 11.5 Å². The van der Waals surface area contributed by atoms with Gasteiger partial charge in [0.15, 0.2) is 5.82 Å². The van der Waals surface area contributed by atoms with Crippen molar-refractivity contribution in [3.63, 3.8) is 0 Å². The summed E-state index contributed by atoms with van der Waals surface area (Å²) in [5.74, 6) is 0.914. The van der Waals surface area contributed by atoms with Crippen molar-refractivity contribution < 1.29 is 9.26 Å². The van der Waals surface area contributed by atoms with Gasteiger partial charge in [0.25, 0.3) is 5.89 Å². The van der Waals surface area contributed by atoms with E-state index in [0.29, 0.717) is 18.3 Å². The molecule has 1 heterocycles. The molecule has 0 aliphatic carbocycles. The summed E-state index contributed by atoms with van der Waals surface area (Å²) in [6.07, 6.45) is 0. The van der Waals surface area contributed by atoms with Gasteiger partial charge in [0.05, 0.1) is 6.61 Å². The van der Waals surface area contributed by atoms with Crippen LogP contribution < -0.4 is 5.73 Å². The van der Waals surface area contributed by atoms with Crippen LogP contribution in [0.4, 0.5) is 0 Å². The Morgan fingerprint density at radius 2 is 1.76 bits per heavy atom. The highest BCUT2D eigenvalue weighted by molar-refractivity contribution is 5.53. The maximum atomic E-state index is 6.11. The average Bonchev–Trinajstić information content (AvgIpc) is 2.88. The van der Waals surface area contributed by atoms with Crippen LogP contribution in [-0.2, 0) is 15.7 Å². The number of benzene rings is 1. The van der Waals surface area contributed by atoms with Gasteiger partial charge in [-0.25, -0.2) is 0 Å². The molecule has 5 nitrogen and oxygen atoms in total. The van der Waals surface area contributed by atoms with Gasteiger partial charge in [-0.15, -0.1) is 0 Å². The van der Waals surface area contributed by atoms with Crippen molar-refractivity contribution in [1.29, 1.82) is 0 Å². The first-order chi connectivity index (χ1) is 9.74. The third-order valence-corrected chi connectivity index (χ3v) is 3.38. The molecule has 2 rings (SSSR count). The SMILES string of the molecule is COCC(C)(N)c1noc(-c2ccc(C(C)(C)C)cc2)n1. The lowest BCUT2D eigenvalue weighted by Crippen LogP contribution is -2.38. The molecule has 1 aromatic carbocycles. The molecule has 1 atom stereocenters. The molecular formula is C16H23N3O2. The predicted octanol–water partition coefficient (Wildman–Crippen LogP) is 2.85. The Morgan fingerprint density at radius 3 is 2.29 bits per heavy atom. The number of rotatable bonds is 4. The summed E-state index contributed by atoms with van der Waals surface area (Å²) in [5, 5.41) is 3.96. The van der Waals surface area contributed by atoms with Crippen molar-refractivity contribution in [2.75, 3.05) is 13.7 Å². The molecule has 2 aromatic rings. The fraction of sp³-hybridized carbons (Fsp3) is 0.500. The lowest BCUT2D eigenvalue weighted by atomic mass is 9.87. The molecule has 1 unspecified atom stereocenters. The van der Waals surface area contributed by atoms with Gasteiger partial charge in [0, 0.05) is 12.7 Å². The minimum Gasteiger partial charge on any atom is -0.382 e. The van der Waals surface area contributed by atoms with Gasteiger partial charge in [0.2, 0.25) is 0 Å². The van der Waals surface area contributed by atoms with Crippen molar-refractivity contribution in [3.8, 4) is 11.5 Å². The summed E-state index contributed by atoms with van der Waals surface area (Å²) >= 11 is 0. The second-order valence-corrected chi connectivity index (χ2v) is 6.60. The van der Waals surface area contributed by atoms with Crippen LogP contribution in [-0.4, -0.2) is 23.9 Å². The van der Waals surface area contributed by atoms with Crippen molar-refractivity contribution in [1.82, 2.24) is 10.1 Å². The Balaban J connectivity index is 2.26. The third kappa shape index (κ3) is 3.49. The maximum absolute atomic E-state index is 6.11. The van der Waals surface area contributed by atoms with Gasteiger partial charge in [-0.2, -0.15) is 4.98 Å². The molecule has 0 fully saturated rings. The van der Waals surface area contributed by atoms with Crippen LogP contribution in [0, 0.1) is 0 Å². The lowest BCUT2D eigenvalue weighted by Gasteiger charge is -2.19. The summed E-state index contributed by atoms with van der Waals surface area (Å²) in [4.78, 5) is 4.38. The number of nitrogens with two attached hydrogens (primary N) is 1. The van der Waals surface area contributed by atoms with Crippen molar-refractivity contribution in [2.24, 2.45) is 5.73 Å². The Bertz CT molecular complexity index is 595. The highest BCUT2D eigenvalue weighted by Crippen LogP contribution is 2.26. The first-order valence-electron chi connectivity index (χ1n) is 6.97. The Labute approximate surface area is 125 Å². The number of ether oxygens (including phenoxy) is 1. The van der Waals surface area contributed by atoms with E-state index < -0.39 is 5.54 Å². The quantitative estimate of drug-likeness (QED) is 0.936. The molecule has 0 aliphatic heterocycles. The van der Waals surface area contributed by atoms with Gasteiger partial charge in [-0.3, -0.25) is 0 Å². The van der Waals surface area contributed by atoms with Crippen LogP contribution in [0.2, 0.25) is 0 Å². The molecule has 2 N–H and O–H groups in total. The van der Waals surface area contributed by atoms with Gasteiger partial charge < -0.3 is 15.0 Å². The zero-order valence-corrected chi connectivity index (χ0v) is 13.3. The predicted molar refractivity (Wildman–Crippen MR) is 81.8 cm³/mol. The Kier molecular flexibility index (Phi) is 4.16. The van der Waals surface area contributed by atoms with E-state index in [2.05, 4.69) is 43.0 Å². The molecule has 5 heteroatoms. The number of nitrogens with zero attached hydrogens (tertiary/aromatic N) is 2. The monoisotopic (exact) mass is 289 g/mol. The third-order valence-electron chi connectivity index (χ3n) is 3.38. The minimum atomic E-state index is -0.762. The van der Waals surface area contributed by atoms with Crippen LogP contribution in [0.5, 0.6) is 0 Å². The second-order valence-electron chi connectivity index (χ2n) is 6.60. The molecule has 0 aliphatic rings. The largest absolute Gasteiger partial charge is 0.382 e. The summed E-state index contributed by atoms with van der Waals surface area (Å²) in [6, 6.07) is 8.14. The number of methoxy groups -OCH3 is 1. The van der Waals surface area contributed by atoms with Crippen molar-refractivity contribution >= 4 is 0 Å². The van der Waals surface area contributed by atoms with Crippen LogP contribution in [0.3, 0.4) is 0 Å². The fourth-order valence-electron chi connectivity index (χ4n) is 2.05. The van der Waals surface area contributed by atoms with E-state index in [1.807, 2.05) is 19.1 Å². The van der Waals surface area contributed by atoms with E-state index in [4.69, 9.17) is 15.0 Å².